The molecule has 106 valence electrons. The Morgan fingerprint density at radius 2 is 2.30 bits per heavy atom. The number of carbonyl (C=O) groups is 1. The molecule has 0 aliphatic carbocycles. The molecule has 0 radical (unpaired) electrons. The van der Waals surface area contributed by atoms with E-state index in [1.165, 1.54) is 17.1 Å². The normalized spacial score (nSPS) is 12.1. The number of carboxylic acid groups (broad SMARTS) is 1. The fourth-order valence-corrected chi connectivity index (χ4v) is 1.48. The third kappa shape index (κ3) is 3.48. The van der Waals surface area contributed by atoms with Gasteiger partial charge in [-0.3, -0.25) is 0 Å². The lowest BCUT2D eigenvalue weighted by Crippen LogP contribution is -2.24. The van der Waals surface area contributed by atoms with Crippen LogP contribution in [0.3, 0.4) is 0 Å². The molecule has 0 bridgehead atoms. The molecule has 1 aromatic carbocycles. The van der Waals surface area contributed by atoms with Crippen LogP contribution in [-0.2, 0) is 6.54 Å². The number of hydrogen-bond acceptors (Lipinski definition) is 6. The summed E-state index contributed by atoms with van der Waals surface area (Å²) >= 11 is 0. The van der Waals surface area contributed by atoms with E-state index in [0.29, 0.717) is 0 Å². The van der Waals surface area contributed by atoms with E-state index in [1.54, 1.807) is 0 Å². The Morgan fingerprint density at radius 3 is 2.90 bits per heavy atom. The molecular weight excluding hydrogens is 271 g/mol. The molecule has 8 nitrogen and oxygen atoms in total. The van der Waals surface area contributed by atoms with E-state index in [-0.39, 0.29) is 18.9 Å². The lowest BCUT2D eigenvalue weighted by Gasteiger charge is -2.12. The standard InChI is InChI=1S/C11H11FN4O4/c12-10-3-8(1-2-9(10)11(18)19)20-5-7(17)4-16-6-13-14-15-16/h1-3,6-7,17H,4-5H2,(H,18,19). The third-order valence-electron chi connectivity index (χ3n) is 2.40. The lowest BCUT2D eigenvalue weighted by molar-refractivity contribution is 0.0690. The Bertz CT molecular complexity index is 590. The minimum absolute atomic E-state index is 0.105. The van der Waals surface area contributed by atoms with Gasteiger partial charge in [-0.05, 0) is 22.6 Å². The smallest absolute Gasteiger partial charge is 0.338 e. The molecule has 0 fully saturated rings. The van der Waals surface area contributed by atoms with E-state index in [2.05, 4.69) is 15.5 Å². The van der Waals surface area contributed by atoms with Gasteiger partial charge in [0.2, 0.25) is 0 Å². The van der Waals surface area contributed by atoms with Crippen LogP contribution in [-0.4, -0.2) is 49.1 Å². The molecule has 2 rings (SSSR count). The van der Waals surface area contributed by atoms with Crippen LogP contribution in [0.4, 0.5) is 4.39 Å². The number of hydrogen-bond donors (Lipinski definition) is 2. The number of halogens is 1. The van der Waals surface area contributed by atoms with Crippen molar-refractivity contribution in [2.45, 2.75) is 12.6 Å². The molecule has 1 aromatic heterocycles. The number of ether oxygens (including phenoxy) is 1. The first-order chi connectivity index (χ1) is 9.56. The SMILES string of the molecule is O=C(O)c1ccc(OCC(O)Cn2cnnn2)cc1F. The molecule has 9 heteroatoms. The van der Waals surface area contributed by atoms with Crippen LogP contribution >= 0.6 is 0 Å². The average Bonchev–Trinajstić information content (AvgIpc) is 2.89. The summed E-state index contributed by atoms with van der Waals surface area (Å²) in [6, 6.07) is 3.37. The van der Waals surface area contributed by atoms with Gasteiger partial charge in [0, 0.05) is 6.07 Å². The molecule has 0 amide bonds. The fourth-order valence-electron chi connectivity index (χ4n) is 1.48. The molecule has 0 saturated heterocycles. The molecule has 0 spiro atoms. The maximum absolute atomic E-state index is 13.4. The minimum Gasteiger partial charge on any atom is -0.491 e. The van der Waals surface area contributed by atoms with Crippen LogP contribution in [0.1, 0.15) is 10.4 Å². The van der Waals surface area contributed by atoms with Crippen molar-refractivity contribution in [2.24, 2.45) is 0 Å². The molecule has 0 aliphatic rings. The monoisotopic (exact) mass is 282 g/mol. The van der Waals surface area contributed by atoms with Crippen molar-refractivity contribution < 1.29 is 24.1 Å². The largest absolute Gasteiger partial charge is 0.491 e. The zero-order chi connectivity index (χ0) is 14.5. The predicted octanol–water partition coefficient (Wildman–Crippen LogP) is -0.0497. The average molecular weight is 282 g/mol. The Kier molecular flexibility index (Phi) is 4.20. The Hall–Kier alpha value is -2.55. The van der Waals surface area contributed by atoms with E-state index < -0.39 is 23.5 Å². The summed E-state index contributed by atoms with van der Waals surface area (Å²) < 4.78 is 19.9. The summed E-state index contributed by atoms with van der Waals surface area (Å²) in [6.07, 6.45) is 0.450. The number of benzene rings is 1. The molecule has 1 unspecified atom stereocenters. The summed E-state index contributed by atoms with van der Waals surface area (Å²) in [5.41, 5.74) is -0.438. The first-order valence-electron chi connectivity index (χ1n) is 5.60. The molecule has 1 atom stereocenters. The zero-order valence-electron chi connectivity index (χ0n) is 10.2. The van der Waals surface area contributed by atoms with Crippen molar-refractivity contribution in [1.82, 2.24) is 20.2 Å². The Balaban J connectivity index is 1.90. The second kappa shape index (κ2) is 6.06. The van der Waals surface area contributed by atoms with E-state index in [0.717, 1.165) is 12.1 Å². The molecule has 0 saturated carbocycles. The second-order valence-corrected chi connectivity index (χ2v) is 3.94. The van der Waals surface area contributed by atoms with E-state index in [1.807, 2.05) is 0 Å². The number of carboxylic acids is 1. The highest BCUT2D eigenvalue weighted by Crippen LogP contribution is 2.17. The quantitative estimate of drug-likeness (QED) is 0.764. The van der Waals surface area contributed by atoms with Crippen molar-refractivity contribution in [3.63, 3.8) is 0 Å². The molecule has 1 heterocycles. The maximum atomic E-state index is 13.4. The van der Waals surface area contributed by atoms with Crippen molar-refractivity contribution in [1.29, 1.82) is 0 Å². The molecule has 2 N–H and O–H groups in total. The third-order valence-corrected chi connectivity index (χ3v) is 2.40. The van der Waals surface area contributed by atoms with Crippen molar-refractivity contribution in [2.75, 3.05) is 6.61 Å². The van der Waals surface area contributed by atoms with Crippen LogP contribution in [0, 0.1) is 5.82 Å². The highest BCUT2D eigenvalue weighted by atomic mass is 19.1. The number of tetrazole rings is 1. The number of aliphatic hydroxyl groups is 1. The Morgan fingerprint density at radius 1 is 1.50 bits per heavy atom. The minimum atomic E-state index is -1.35. The van der Waals surface area contributed by atoms with Gasteiger partial charge in [0.05, 0.1) is 12.1 Å². The van der Waals surface area contributed by atoms with Gasteiger partial charge in [0.1, 0.15) is 30.6 Å². The fraction of sp³-hybridized carbons (Fsp3) is 0.273. The van der Waals surface area contributed by atoms with Crippen LogP contribution in [0.2, 0.25) is 0 Å². The van der Waals surface area contributed by atoms with Gasteiger partial charge in [-0.1, -0.05) is 0 Å². The van der Waals surface area contributed by atoms with Crippen molar-refractivity contribution in [3.05, 3.63) is 35.9 Å². The number of rotatable bonds is 6. The first-order valence-corrected chi connectivity index (χ1v) is 5.60. The summed E-state index contributed by atoms with van der Waals surface area (Å²) in [6.45, 7) is 0.0222. The van der Waals surface area contributed by atoms with E-state index >= 15 is 0 Å². The number of aliphatic hydroxyl groups excluding tert-OH is 1. The second-order valence-electron chi connectivity index (χ2n) is 3.94. The predicted molar refractivity (Wildman–Crippen MR) is 62.7 cm³/mol. The van der Waals surface area contributed by atoms with Crippen LogP contribution in [0.5, 0.6) is 5.75 Å². The highest BCUT2D eigenvalue weighted by molar-refractivity contribution is 5.88. The number of aromatic carboxylic acids is 1. The van der Waals surface area contributed by atoms with Gasteiger partial charge in [0.15, 0.2) is 0 Å². The number of nitrogens with zero attached hydrogens (tertiary/aromatic N) is 4. The lowest BCUT2D eigenvalue weighted by atomic mass is 10.2. The van der Waals surface area contributed by atoms with Gasteiger partial charge < -0.3 is 14.9 Å². The van der Waals surface area contributed by atoms with Gasteiger partial charge in [-0.2, -0.15) is 0 Å². The molecular formula is C11H11FN4O4. The summed E-state index contributed by atoms with van der Waals surface area (Å²) in [7, 11) is 0. The van der Waals surface area contributed by atoms with Crippen LogP contribution in [0.15, 0.2) is 24.5 Å². The summed E-state index contributed by atoms with van der Waals surface area (Å²) in [5.74, 6) is -2.12. The Labute approximate surface area is 112 Å². The highest BCUT2D eigenvalue weighted by Gasteiger charge is 2.12. The van der Waals surface area contributed by atoms with Crippen LogP contribution < -0.4 is 4.74 Å². The van der Waals surface area contributed by atoms with E-state index in [9.17, 15) is 14.3 Å². The van der Waals surface area contributed by atoms with E-state index in [4.69, 9.17) is 9.84 Å². The van der Waals surface area contributed by atoms with Gasteiger partial charge in [0.25, 0.3) is 0 Å². The summed E-state index contributed by atoms with van der Waals surface area (Å²) in [4.78, 5) is 10.6. The van der Waals surface area contributed by atoms with Crippen molar-refractivity contribution in [3.8, 4) is 5.75 Å². The summed E-state index contributed by atoms with van der Waals surface area (Å²) in [5, 5.41) is 28.7. The van der Waals surface area contributed by atoms with Crippen molar-refractivity contribution >= 4 is 5.97 Å². The van der Waals surface area contributed by atoms with Crippen LogP contribution in [0.25, 0.3) is 0 Å². The molecule has 2 aromatic rings. The van der Waals surface area contributed by atoms with Gasteiger partial charge in [-0.25, -0.2) is 13.9 Å². The van der Waals surface area contributed by atoms with Gasteiger partial charge in [-0.15, -0.1) is 5.10 Å². The number of aromatic nitrogens is 4. The molecule has 20 heavy (non-hydrogen) atoms. The maximum Gasteiger partial charge on any atom is 0.338 e. The molecule has 0 aliphatic heterocycles. The topological polar surface area (TPSA) is 110 Å². The zero-order valence-corrected chi connectivity index (χ0v) is 10.2. The van der Waals surface area contributed by atoms with Gasteiger partial charge >= 0.3 is 5.97 Å². The first kappa shape index (κ1) is 13.9.